The monoisotopic (exact) mass is 475 g/mol. The molecule has 0 heterocycles. The first-order valence-corrected chi connectivity index (χ1v) is 9.65. The Bertz CT molecular complexity index is 913. The van der Waals surface area contributed by atoms with Crippen molar-refractivity contribution in [2.24, 2.45) is 5.14 Å². The minimum Gasteiger partial charge on any atom is -0.352 e. The van der Waals surface area contributed by atoms with E-state index in [-0.39, 0.29) is 16.1 Å². The summed E-state index contributed by atoms with van der Waals surface area (Å²) in [6.07, 6.45) is 0.474. The Balaban J connectivity index is 1.99. The molecule has 2 aromatic carbocycles. The number of primary sulfonamides is 1. The average molecular weight is 475 g/mol. The van der Waals surface area contributed by atoms with E-state index in [1.54, 1.807) is 12.1 Å². The van der Waals surface area contributed by atoms with E-state index in [1.165, 1.54) is 30.3 Å². The van der Waals surface area contributed by atoms with Gasteiger partial charge in [0, 0.05) is 22.2 Å². The van der Waals surface area contributed by atoms with Crippen molar-refractivity contribution in [2.45, 2.75) is 11.3 Å². The van der Waals surface area contributed by atoms with Gasteiger partial charge in [-0.2, -0.15) is 0 Å². The van der Waals surface area contributed by atoms with Gasteiger partial charge >= 0.3 is 0 Å². The molecule has 0 radical (unpaired) electrons. The van der Waals surface area contributed by atoms with Gasteiger partial charge in [0.05, 0.1) is 15.4 Å². The molecule has 0 aromatic heterocycles. The molecular weight excluding hydrogens is 461 g/mol. The lowest BCUT2D eigenvalue weighted by Gasteiger charge is -2.07. The molecule has 0 fully saturated rings. The molecule has 0 bridgehead atoms. The van der Waals surface area contributed by atoms with E-state index in [2.05, 4.69) is 5.32 Å². The van der Waals surface area contributed by atoms with E-state index in [1.807, 2.05) is 22.6 Å². The number of hydrogen-bond acceptors (Lipinski definition) is 5. The number of nitro benzene ring substituents is 1. The number of hydrogen-bond donors (Lipinski definition) is 2. The van der Waals surface area contributed by atoms with Gasteiger partial charge in [0.25, 0.3) is 11.6 Å². The van der Waals surface area contributed by atoms with Gasteiger partial charge in [0.1, 0.15) is 0 Å². The molecule has 0 atom stereocenters. The maximum Gasteiger partial charge on any atom is 0.270 e. The second-order valence-electron chi connectivity index (χ2n) is 5.12. The summed E-state index contributed by atoms with van der Waals surface area (Å²) < 4.78 is 23.0. The highest BCUT2D eigenvalue weighted by Gasteiger charge is 2.15. The highest BCUT2D eigenvalue weighted by Crippen LogP contribution is 2.19. The van der Waals surface area contributed by atoms with E-state index in [0.717, 1.165) is 5.56 Å². The molecule has 3 N–H and O–H groups in total. The summed E-state index contributed by atoms with van der Waals surface area (Å²) in [5.74, 6) is -0.408. The molecule has 132 valence electrons. The van der Waals surface area contributed by atoms with Crippen LogP contribution in [0.15, 0.2) is 47.4 Å². The maximum absolute atomic E-state index is 12.2. The van der Waals surface area contributed by atoms with Gasteiger partial charge in [0.15, 0.2) is 0 Å². The predicted octanol–water partition coefficient (Wildman–Crippen LogP) is 1.82. The Kier molecular flexibility index (Phi) is 6.08. The van der Waals surface area contributed by atoms with E-state index < -0.39 is 20.9 Å². The number of carbonyl (C=O) groups excluding carboxylic acids is 1. The molecule has 0 unspecified atom stereocenters. The van der Waals surface area contributed by atoms with Crippen LogP contribution in [0.25, 0.3) is 0 Å². The smallest absolute Gasteiger partial charge is 0.270 e. The molecule has 0 aliphatic carbocycles. The van der Waals surface area contributed by atoms with Crippen LogP contribution in [0.2, 0.25) is 0 Å². The zero-order valence-electron chi connectivity index (χ0n) is 12.8. The number of amides is 1. The van der Waals surface area contributed by atoms with Crippen molar-refractivity contribution in [3.8, 4) is 0 Å². The number of nitrogens with two attached hydrogens (primary N) is 1. The fourth-order valence-electron chi connectivity index (χ4n) is 2.06. The molecular formula is C15H14IN3O5S. The average Bonchev–Trinajstić information content (AvgIpc) is 2.54. The first-order chi connectivity index (χ1) is 11.7. The largest absolute Gasteiger partial charge is 0.352 e. The van der Waals surface area contributed by atoms with Gasteiger partial charge in [-0.05, 0) is 52.8 Å². The first-order valence-electron chi connectivity index (χ1n) is 7.02. The van der Waals surface area contributed by atoms with Crippen LogP contribution >= 0.6 is 22.6 Å². The van der Waals surface area contributed by atoms with Gasteiger partial charge in [0.2, 0.25) is 10.0 Å². The third-order valence-electron chi connectivity index (χ3n) is 3.36. The second kappa shape index (κ2) is 7.89. The SMILES string of the molecule is NS(=O)(=O)c1ccc(CCNC(=O)c2cc([N+](=O)[O-])ccc2I)cc1. The Labute approximate surface area is 157 Å². The van der Waals surface area contributed by atoms with Crippen LogP contribution in [0.4, 0.5) is 5.69 Å². The Hall–Kier alpha value is -2.05. The number of benzene rings is 2. The van der Waals surface area contributed by atoms with E-state index in [4.69, 9.17) is 5.14 Å². The van der Waals surface area contributed by atoms with Crippen molar-refractivity contribution in [1.29, 1.82) is 0 Å². The highest BCUT2D eigenvalue weighted by molar-refractivity contribution is 14.1. The van der Waals surface area contributed by atoms with Gasteiger partial charge in [-0.15, -0.1) is 0 Å². The summed E-state index contributed by atoms with van der Waals surface area (Å²) in [4.78, 5) is 22.4. The summed E-state index contributed by atoms with van der Waals surface area (Å²) in [6, 6.07) is 10.1. The molecule has 0 spiro atoms. The normalized spacial score (nSPS) is 11.1. The second-order valence-corrected chi connectivity index (χ2v) is 7.84. The maximum atomic E-state index is 12.2. The minimum atomic E-state index is -3.73. The summed E-state index contributed by atoms with van der Waals surface area (Å²) in [5, 5.41) is 18.5. The Morgan fingerprint density at radius 2 is 1.84 bits per heavy atom. The number of carbonyl (C=O) groups is 1. The molecule has 2 aromatic rings. The van der Waals surface area contributed by atoms with Crippen LogP contribution in [0.3, 0.4) is 0 Å². The molecule has 8 nitrogen and oxygen atoms in total. The van der Waals surface area contributed by atoms with E-state index in [0.29, 0.717) is 16.5 Å². The third-order valence-corrected chi connectivity index (χ3v) is 5.23. The standard InChI is InChI=1S/C15H14IN3O5S/c16-14-6-3-11(19(21)22)9-13(14)15(20)18-8-7-10-1-4-12(5-2-10)25(17,23)24/h1-6,9H,7-8H2,(H,18,20)(H2,17,23,24). The summed E-state index contributed by atoms with van der Waals surface area (Å²) in [6.45, 7) is 0.298. The fraction of sp³-hybridized carbons (Fsp3) is 0.133. The van der Waals surface area contributed by atoms with Crippen LogP contribution in [-0.4, -0.2) is 25.8 Å². The van der Waals surface area contributed by atoms with Gasteiger partial charge < -0.3 is 5.32 Å². The predicted molar refractivity (Wildman–Crippen MR) is 99.7 cm³/mol. The Morgan fingerprint density at radius 1 is 1.20 bits per heavy atom. The zero-order chi connectivity index (χ0) is 18.6. The van der Waals surface area contributed by atoms with Crippen molar-refractivity contribution in [3.05, 3.63) is 67.3 Å². The fourth-order valence-corrected chi connectivity index (χ4v) is 3.16. The van der Waals surface area contributed by atoms with Crippen LogP contribution in [0, 0.1) is 13.7 Å². The number of non-ortho nitro benzene ring substituents is 1. The van der Waals surface area contributed by atoms with Gasteiger partial charge in [-0.3, -0.25) is 14.9 Å². The lowest BCUT2D eigenvalue weighted by atomic mass is 10.1. The minimum absolute atomic E-state index is 0.0198. The number of sulfonamides is 1. The van der Waals surface area contributed by atoms with Gasteiger partial charge in [-0.1, -0.05) is 12.1 Å². The van der Waals surface area contributed by atoms with Crippen LogP contribution in [0.1, 0.15) is 15.9 Å². The van der Waals surface area contributed by atoms with Crippen molar-refractivity contribution in [1.82, 2.24) is 5.32 Å². The topological polar surface area (TPSA) is 132 Å². The number of halogens is 1. The summed E-state index contributed by atoms with van der Waals surface area (Å²) >= 11 is 1.94. The number of nitrogens with one attached hydrogen (secondary N) is 1. The molecule has 0 saturated carbocycles. The molecule has 2 rings (SSSR count). The number of rotatable bonds is 6. The summed E-state index contributed by atoms with van der Waals surface area (Å²) in [5.41, 5.74) is 0.907. The quantitative estimate of drug-likeness (QED) is 0.374. The van der Waals surface area contributed by atoms with Crippen molar-refractivity contribution >= 4 is 44.2 Å². The lowest BCUT2D eigenvalue weighted by molar-refractivity contribution is -0.384. The van der Waals surface area contributed by atoms with Crippen LogP contribution < -0.4 is 10.5 Å². The molecule has 0 aliphatic heterocycles. The Morgan fingerprint density at radius 3 is 2.40 bits per heavy atom. The van der Waals surface area contributed by atoms with E-state index >= 15 is 0 Å². The first kappa shape index (κ1) is 19.3. The zero-order valence-corrected chi connectivity index (χ0v) is 15.8. The molecule has 25 heavy (non-hydrogen) atoms. The lowest BCUT2D eigenvalue weighted by Crippen LogP contribution is -2.26. The van der Waals surface area contributed by atoms with Crippen LogP contribution in [-0.2, 0) is 16.4 Å². The van der Waals surface area contributed by atoms with Crippen molar-refractivity contribution in [3.63, 3.8) is 0 Å². The summed E-state index contributed by atoms with van der Waals surface area (Å²) in [7, 11) is -3.73. The van der Waals surface area contributed by atoms with Crippen LogP contribution in [0.5, 0.6) is 0 Å². The van der Waals surface area contributed by atoms with Gasteiger partial charge in [-0.25, -0.2) is 13.6 Å². The van der Waals surface area contributed by atoms with Crippen molar-refractivity contribution < 1.29 is 18.1 Å². The molecule has 10 heteroatoms. The highest BCUT2D eigenvalue weighted by atomic mass is 127. The third kappa shape index (κ3) is 5.21. The molecule has 0 saturated heterocycles. The molecule has 1 amide bonds. The molecule has 0 aliphatic rings. The van der Waals surface area contributed by atoms with E-state index in [9.17, 15) is 23.3 Å². The number of nitro groups is 1. The van der Waals surface area contributed by atoms with Crippen molar-refractivity contribution in [2.75, 3.05) is 6.54 Å². The number of nitrogens with zero attached hydrogens (tertiary/aromatic N) is 1.